The summed E-state index contributed by atoms with van der Waals surface area (Å²) in [6, 6.07) is 7.09. The third-order valence-electron chi connectivity index (χ3n) is 4.89. The molecule has 0 spiro atoms. The highest BCUT2D eigenvalue weighted by atomic mass is 35.5. The van der Waals surface area contributed by atoms with Gasteiger partial charge in [-0.25, -0.2) is 0 Å². The highest BCUT2D eigenvalue weighted by molar-refractivity contribution is 8.00. The summed E-state index contributed by atoms with van der Waals surface area (Å²) in [7, 11) is 0. The van der Waals surface area contributed by atoms with Gasteiger partial charge in [-0.3, -0.25) is 9.59 Å². The van der Waals surface area contributed by atoms with Crippen molar-refractivity contribution in [3.63, 3.8) is 0 Å². The second kappa shape index (κ2) is 8.56. The first kappa shape index (κ1) is 19.6. The minimum absolute atomic E-state index is 0. The first-order valence-corrected chi connectivity index (χ1v) is 9.47. The number of ketones is 1. The Labute approximate surface area is 157 Å². The fourth-order valence-corrected chi connectivity index (χ4v) is 4.49. The second-order valence-corrected chi connectivity index (χ2v) is 7.81. The van der Waals surface area contributed by atoms with Crippen LogP contribution in [0.2, 0.25) is 5.02 Å². The summed E-state index contributed by atoms with van der Waals surface area (Å²) in [5, 5.41) is 0.613. The van der Waals surface area contributed by atoms with E-state index in [-0.39, 0.29) is 30.1 Å². The molecule has 4 nitrogen and oxygen atoms in total. The van der Waals surface area contributed by atoms with Gasteiger partial charge < -0.3 is 10.6 Å². The quantitative estimate of drug-likeness (QED) is 0.787. The van der Waals surface area contributed by atoms with Gasteiger partial charge in [-0.1, -0.05) is 11.6 Å². The molecular formula is C17H22Cl2N2O2S. The van der Waals surface area contributed by atoms with Gasteiger partial charge in [0.25, 0.3) is 0 Å². The van der Waals surface area contributed by atoms with E-state index in [1.54, 1.807) is 24.3 Å². The zero-order chi connectivity index (χ0) is 16.4. The van der Waals surface area contributed by atoms with Crippen molar-refractivity contribution >= 4 is 47.5 Å². The molecule has 2 N–H and O–H groups in total. The van der Waals surface area contributed by atoms with E-state index in [1.165, 1.54) is 11.8 Å². The molecule has 1 amide bonds. The number of halogens is 2. The number of nitrogens with zero attached hydrogens (tertiary/aromatic N) is 1. The maximum absolute atomic E-state index is 12.3. The lowest BCUT2D eigenvalue weighted by Gasteiger charge is -2.18. The topological polar surface area (TPSA) is 63.4 Å². The molecule has 0 bridgehead atoms. The Bertz CT molecular complexity index is 597. The highest BCUT2D eigenvalue weighted by Crippen LogP contribution is 2.37. The number of likely N-dealkylation sites (tertiary alicyclic amines) is 1. The molecule has 2 fully saturated rings. The molecule has 1 aliphatic carbocycles. The van der Waals surface area contributed by atoms with Crippen LogP contribution in [-0.2, 0) is 4.79 Å². The van der Waals surface area contributed by atoms with Crippen molar-refractivity contribution in [2.45, 2.75) is 18.9 Å². The Morgan fingerprint density at radius 1 is 1.17 bits per heavy atom. The van der Waals surface area contributed by atoms with Crippen LogP contribution in [0, 0.1) is 11.8 Å². The average molecular weight is 389 g/mol. The lowest BCUT2D eigenvalue weighted by Crippen LogP contribution is -2.34. The summed E-state index contributed by atoms with van der Waals surface area (Å²) in [5.41, 5.74) is 6.74. The zero-order valence-electron chi connectivity index (χ0n) is 13.3. The van der Waals surface area contributed by atoms with Crippen LogP contribution in [0.5, 0.6) is 0 Å². The second-order valence-electron chi connectivity index (χ2n) is 6.39. The van der Waals surface area contributed by atoms with Gasteiger partial charge in [0.1, 0.15) is 0 Å². The van der Waals surface area contributed by atoms with Crippen LogP contribution in [-0.4, -0.2) is 47.2 Å². The molecule has 7 heteroatoms. The average Bonchev–Trinajstić information content (AvgIpc) is 3.10. The summed E-state index contributed by atoms with van der Waals surface area (Å²) in [5.74, 6) is 1.87. The van der Waals surface area contributed by atoms with Crippen molar-refractivity contribution < 1.29 is 9.59 Å². The van der Waals surface area contributed by atoms with Crippen LogP contribution in [0.1, 0.15) is 23.2 Å². The van der Waals surface area contributed by atoms with Crippen LogP contribution in [0.15, 0.2) is 24.3 Å². The fraction of sp³-hybridized carbons (Fsp3) is 0.529. The number of fused-ring (bicyclic) bond motifs is 1. The number of hydrogen-bond acceptors (Lipinski definition) is 4. The Balaban J connectivity index is 0.00000208. The van der Waals surface area contributed by atoms with E-state index < -0.39 is 0 Å². The van der Waals surface area contributed by atoms with E-state index >= 15 is 0 Å². The van der Waals surface area contributed by atoms with Gasteiger partial charge in [0.15, 0.2) is 5.78 Å². The van der Waals surface area contributed by atoms with Gasteiger partial charge in [0.05, 0.1) is 11.5 Å². The number of nitrogens with two attached hydrogens (primary N) is 1. The molecule has 24 heavy (non-hydrogen) atoms. The number of thioether (sulfide) groups is 1. The number of amides is 1. The van der Waals surface area contributed by atoms with E-state index in [2.05, 4.69) is 0 Å². The van der Waals surface area contributed by atoms with Crippen LogP contribution < -0.4 is 5.73 Å². The van der Waals surface area contributed by atoms with E-state index in [4.69, 9.17) is 17.3 Å². The lowest BCUT2D eigenvalue weighted by atomic mass is 9.98. The molecule has 1 saturated heterocycles. The van der Waals surface area contributed by atoms with Gasteiger partial charge in [0, 0.05) is 29.7 Å². The largest absolute Gasteiger partial charge is 0.341 e. The third kappa shape index (κ3) is 4.45. The Morgan fingerprint density at radius 2 is 1.88 bits per heavy atom. The molecule has 132 valence electrons. The molecule has 0 radical (unpaired) electrons. The van der Waals surface area contributed by atoms with Crippen molar-refractivity contribution in [2.75, 3.05) is 24.6 Å². The number of carbonyl (C=O) groups excluding carboxylic acids is 2. The van der Waals surface area contributed by atoms with Crippen LogP contribution >= 0.6 is 35.8 Å². The molecule has 1 heterocycles. The summed E-state index contributed by atoms with van der Waals surface area (Å²) in [4.78, 5) is 26.3. The molecule has 0 aromatic heterocycles. The van der Waals surface area contributed by atoms with Crippen molar-refractivity contribution in [3.05, 3.63) is 34.9 Å². The normalized spacial score (nSPS) is 25.2. The monoisotopic (exact) mass is 388 g/mol. The molecule has 1 aliphatic heterocycles. The summed E-state index contributed by atoms with van der Waals surface area (Å²) in [6.07, 6.45) is 2.22. The maximum atomic E-state index is 12.3. The Hall–Kier alpha value is -0.750. The molecule has 3 atom stereocenters. The predicted octanol–water partition coefficient (Wildman–Crippen LogP) is 2.87. The van der Waals surface area contributed by atoms with Gasteiger partial charge in [-0.15, -0.1) is 24.2 Å². The number of hydrogen-bond donors (Lipinski definition) is 1. The molecule has 3 unspecified atom stereocenters. The van der Waals surface area contributed by atoms with Gasteiger partial charge in [-0.05, 0) is 48.9 Å². The maximum Gasteiger partial charge on any atom is 0.232 e. The van der Waals surface area contributed by atoms with Crippen molar-refractivity contribution in [1.82, 2.24) is 4.90 Å². The van der Waals surface area contributed by atoms with Crippen LogP contribution in [0.4, 0.5) is 0 Å². The first-order chi connectivity index (χ1) is 11.0. The number of Topliss-reactive ketones (excluding diaryl/α,β-unsaturated/α-hetero) is 1. The van der Waals surface area contributed by atoms with E-state index in [9.17, 15) is 9.59 Å². The Kier molecular flexibility index (Phi) is 6.99. The SMILES string of the molecule is Cl.NC1CCC2CN(C(=O)CSCC(=O)c3ccc(Cl)cc3)CC12. The molecule has 1 aromatic carbocycles. The number of benzene rings is 1. The molecule has 1 aromatic rings. The third-order valence-corrected chi connectivity index (χ3v) is 6.06. The van der Waals surface area contributed by atoms with E-state index in [0.29, 0.717) is 33.9 Å². The Morgan fingerprint density at radius 3 is 2.54 bits per heavy atom. The van der Waals surface area contributed by atoms with Crippen LogP contribution in [0.3, 0.4) is 0 Å². The molecule has 1 saturated carbocycles. The smallest absolute Gasteiger partial charge is 0.232 e. The predicted molar refractivity (Wildman–Crippen MR) is 101 cm³/mol. The standard InChI is InChI=1S/C17H21ClN2O2S.ClH/c18-13-4-1-11(2-5-13)16(21)9-23-10-17(22)20-7-12-3-6-15(19)14(12)8-20;/h1-2,4-5,12,14-15H,3,6-10,19H2;1H. The lowest BCUT2D eigenvalue weighted by molar-refractivity contribution is -0.127. The van der Waals surface area contributed by atoms with Crippen molar-refractivity contribution in [2.24, 2.45) is 17.6 Å². The number of rotatable bonds is 5. The summed E-state index contributed by atoms with van der Waals surface area (Å²) in [6.45, 7) is 1.62. The summed E-state index contributed by atoms with van der Waals surface area (Å²) >= 11 is 7.19. The molecule has 2 aliphatic rings. The summed E-state index contributed by atoms with van der Waals surface area (Å²) < 4.78 is 0. The van der Waals surface area contributed by atoms with E-state index in [1.807, 2.05) is 4.90 Å². The van der Waals surface area contributed by atoms with Gasteiger partial charge in [-0.2, -0.15) is 0 Å². The highest BCUT2D eigenvalue weighted by Gasteiger charge is 2.42. The first-order valence-electron chi connectivity index (χ1n) is 7.94. The molecule has 3 rings (SSSR count). The van der Waals surface area contributed by atoms with Crippen molar-refractivity contribution in [3.8, 4) is 0 Å². The fourth-order valence-electron chi connectivity index (χ4n) is 3.55. The molecular weight excluding hydrogens is 367 g/mol. The minimum Gasteiger partial charge on any atom is -0.341 e. The minimum atomic E-state index is 0. The van der Waals surface area contributed by atoms with Gasteiger partial charge in [0.2, 0.25) is 5.91 Å². The number of carbonyl (C=O) groups is 2. The van der Waals surface area contributed by atoms with Crippen molar-refractivity contribution in [1.29, 1.82) is 0 Å². The zero-order valence-corrected chi connectivity index (χ0v) is 15.7. The van der Waals surface area contributed by atoms with Gasteiger partial charge >= 0.3 is 0 Å². The van der Waals surface area contributed by atoms with Crippen LogP contribution in [0.25, 0.3) is 0 Å². The van der Waals surface area contributed by atoms with E-state index in [0.717, 1.165) is 25.9 Å².